The Hall–Kier alpha value is -3.31. The van der Waals surface area contributed by atoms with Crippen LogP contribution in [0.15, 0.2) is 48.5 Å². The molecule has 5 nitrogen and oxygen atoms in total. The van der Waals surface area contributed by atoms with Gasteiger partial charge in [-0.05, 0) is 49.6 Å². The van der Waals surface area contributed by atoms with Crippen molar-refractivity contribution in [3.05, 3.63) is 59.7 Å². The van der Waals surface area contributed by atoms with Crippen molar-refractivity contribution in [2.45, 2.75) is 38.8 Å². The monoisotopic (exact) mass is 347 g/mol. The van der Waals surface area contributed by atoms with Crippen LogP contribution < -0.4 is 5.32 Å². The van der Waals surface area contributed by atoms with Crippen LogP contribution >= 0.6 is 0 Å². The normalized spacial score (nSPS) is 11.7. The lowest BCUT2D eigenvalue weighted by Crippen LogP contribution is -2.39. The number of rotatable bonds is 4. The Labute approximate surface area is 153 Å². The molecule has 1 unspecified atom stereocenters. The largest absolute Gasteiger partial charge is 0.444 e. The maximum atomic E-state index is 11.8. The molecule has 0 saturated heterocycles. The average molecular weight is 347 g/mol. The molecule has 1 N–H and O–H groups in total. The zero-order chi connectivity index (χ0) is 19.2. The van der Waals surface area contributed by atoms with Crippen molar-refractivity contribution < 1.29 is 9.53 Å². The molecule has 26 heavy (non-hydrogen) atoms. The van der Waals surface area contributed by atoms with Gasteiger partial charge in [-0.2, -0.15) is 10.5 Å². The Morgan fingerprint density at radius 2 is 1.81 bits per heavy atom. The molecular formula is C21H21N3O2. The van der Waals surface area contributed by atoms with Gasteiger partial charge in [0.05, 0.1) is 17.7 Å². The Balaban J connectivity index is 2.04. The first-order valence-corrected chi connectivity index (χ1v) is 8.29. The molecule has 2 aromatic rings. The Bertz CT molecular complexity index is 853. The third kappa shape index (κ3) is 5.65. The molecule has 1 atom stereocenters. The smallest absolute Gasteiger partial charge is 0.408 e. The van der Waals surface area contributed by atoms with E-state index >= 15 is 0 Å². The first-order valence-electron chi connectivity index (χ1n) is 8.29. The Kier molecular flexibility index (Phi) is 5.98. The molecule has 0 aliphatic heterocycles. The summed E-state index contributed by atoms with van der Waals surface area (Å²) in [5.74, 6) is 0. The van der Waals surface area contributed by atoms with Gasteiger partial charge < -0.3 is 10.1 Å². The zero-order valence-electron chi connectivity index (χ0n) is 15.1. The highest BCUT2D eigenvalue weighted by Gasteiger charge is 2.19. The predicted molar refractivity (Wildman–Crippen MR) is 99.1 cm³/mol. The van der Waals surface area contributed by atoms with Crippen LogP contribution in [0.2, 0.25) is 0 Å². The van der Waals surface area contributed by atoms with Crippen molar-refractivity contribution in [3.8, 4) is 23.3 Å². The molecule has 0 radical (unpaired) electrons. The molecule has 0 heterocycles. The van der Waals surface area contributed by atoms with Crippen LogP contribution in [-0.4, -0.2) is 17.7 Å². The summed E-state index contributed by atoms with van der Waals surface area (Å²) in [5.41, 5.74) is 2.87. The number of nitriles is 2. The van der Waals surface area contributed by atoms with Crippen LogP contribution in [0.1, 0.15) is 31.9 Å². The molecule has 2 rings (SSSR count). The maximum absolute atomic E-state index is 11.8. The number of hydrogen-bond donors (Lipinski definition) is 1. The zero-order valence-corrected chi connectivity index (χ0v) is 15.1. The fraction of sp³-hybridized carbons (Fsp3) is 0.286. The van der Waals surface area contributed by atoms with Crippen LogP contribution in [0.25, 0.3) is 11.1 Å². The van der Waals surface area contributed by atoms with Crippen molar-refractivity contribution in [2.75, 3.05) is 0 Å². The van der Waals surface area contributed by atoms with Gasteiger partial charge in [-0.15, -0.1) is 0 Å². The summed E-state index contributed by atoms with van der Waals surface area (Å²) in [6, 6.07) is 18.6. The molecule has 0 spiro atoms. The van der Waals surface area contributed by atoms with E-state index in [1.165, 1.54) is 0 Å². The van der Waals surface area contributed by atoms with Crippen molar-refractivity contribution in [1.29, 1.82) is 10.5 Å². The van der Waals surface area contributed by atoms with Gasteiger partial charge in [0.1, 0.15) is 11.6 Å². The summed E-state index contributed by atoms with van der Waals surface area (Å²) in [4.78, 5) is 11.8. The first-order chi connectivity index (χ1) is 12.3. The standard InChI is InChI=1S/C21H21N3O2/c1-21(2,3)26-20(25)24-19(14-23)12-15-7-9-17(10-8-15)18-6-4-5-16(11-18)13-22/h4-11,19H,12H2,1-3H3,(H,24,25). The number of hydrogen-bond acceptors (Lipinski definition) is 4. The molecule has 0 saturated carbocycles. The van der Waals surface area contributed by atoms with Gasteiger partial charge in [0, 0.05) is 6.42 Å². The SMILES string of the molecule is CC(C)(C)OC(=O)NC(C#N)Cc1ccc(-c2cccc(C#N)c2)cc1. The van der Waals surface area contributed by atoms with Gasteiger partial charge in [-0.3, -0.25) is 0 Å². The second-order valence-electron chi connectivity index (χ2n) is 6.92. The average Bonchev–Trinajstić information content (AvgIpc) is 2.60. The molecule has 0 aliphatic rings. The number of nitrogens with zero attached hydrogens (tertiary/aromatic N) is 2. The third-order valence-electron chi connectivity index (χ3n) is 3.57. The second kappa shape index (κ2) is 8.18. The maximum Gasteiger partial charge on any atom is 0.408 e. The van der Waals surface area contributed by atoms with Crippen LogP contribution in [-0.2, 0) is 11.2 Å². The predicted octanol–water partition coefficient (Wildman–Crippen LogP) is 4.18. The number of amides is 1. The van der Waals surface area contributed by atoms with Crippen LogP contribution in [0.5, 0.6) is 0 Å². The van der Waals surface area contributed by atoms with Gasteiger partial charge in [-0.25, -0.2) is 4.79 Å². The second-order valence-corrected chi connectivity index (χ2v) is 6.92. The summed E-state index contributed by atoms with van der Waals surface area (Å²) in [6.45, 7) is 5.32. The minimum absolute atomic E-state index is 0.383. The van der Waals surface area contributed by atoms with E-state index in [1.54, 1.807) is 26.8 Å². The van der Waals surface area contributed by atoms with E-state index in [1.807, 2.05) is 42.5 Å². The van der Waals surface area contributed by atoms with Gasteiger partial charge in [0.25, 0.3) is 0 Å². The van der Waals surface area contributed by atoms with E-state index in [-0.39, 0.29) is 0 Å². The fourth-order valence-corrected chi connectivity index (χ4v) is 2.42. The number of ether oxygens (including phenoxy) is 1. The summed E-state index contributed by atoms with van der Waals surface area (Å²) in [6.07, 6.45) is -0.220. The number of carbonyl (C=O) groups excluding carboxylic acids is 1. The van der Waals surface area contributed by atoms with Gasteiger partial charge in [0.15, 0.2) is 0 Å². The molecule has 0 bridgehead atoms. The van der Waals surface area contributed by atoms with E-state index in [0.717, 1.165) is 16.7 Å². The molecule has 2 aromatic carbocycles. The highest BCUT2D eigenvalue weighted by molar-refractivity contribution is 5.69. The Morgan fingerprint density at radius 1 is 1.12 bits per heavy atom. The van der Waals surface area contributed by atoms with Crippen LogP contribution in [0.4, 0.5) is 4.79 Å². The van der Waals surface area contributed by atoms with E-state index in [4.69, 9.17) is 10.00 Å². The molecule has 1 amide bonds. The number of carbonyl (C=O) groups is 1. The molecule has 0 aliphatic carbocycles. The van der Waals surface area contributed by atoms with Crippen molar-refractivity contribution in [1.82, 2.24) is 5.32 Å². The highest BCUT2D eigenvalue weighted by atomic mass is 16.6. The summed E-state index contributed by atoms with van der Waals surface area (Å²) in [5, 5.41) is 20.8. The third-order valence-corrected chi connectivity index (χ3v) is 3.57. The van der Waals surface area contributed by atoms with Crippen molar-refractivity contribution in [3.63, 3.8) is 0 Å². The van der Waals surface area contributed by atoms with E-state index in [2.05, 4.69) is 17.5 Å². The van der Waals surface area contributed by atoms with E-state index in [9.17, 15) is 10.1 Å². The lowest BCUT2D eigenvalue weighted by molar-refractivity contribution is 0.0516. The van der Waals surface area contributed by atoms with E-state index in [0.29, 0.717) is 12.0 Å². The molecular weight excluding hydrogens is 326 g/mol. The molecule has 0 fully saturated rings. The molecule has 132 valence electrons. The molecule has 5 heteroatoms. The van der Waals surface area contributed by atoms with Crippen molar-refractivity contribution >= 4 is 6.09 Å². The lowest BCUT2D eigenvalue weighted by Gasteiger charge is -2.21. The number of alkyl carbamates (subject to hydrolysis) is 1. The van der Waals surface area contributed by atoms with Crippen LogP contribution in [0.3, 0.4) is 0 Å². The minimum Gasteiger partial charge on any atom is -0.444 e. The minimum atomic E-state index is -0.669. The van der Waals surface area contributed by atoms with E-state index < -0.39 is 17.7 Å². The van der Waals surface area contributed by atoms with Crippen LogP contribution in [0, 0.1) is 22.7 Å². The summed E-state index contributed by atoms with van der Waals surface area (Å²) >= 11 is 0. The number of benzene rings is 2. The van der Waals surface area contributed by atoms with Gasteiger partial charge in [0.2, 0.25) is 0 Å². The summed E-state index contributed by atoms with van der Waals surface area (Å²) in [7, 11) is 0. The number of nitrogens with one attached hydrogen (secondary N) is 1. The topological polar surface area (TPSA) is 85.9 Å². The first kappa shape index (κ1) is 19.0. The molecule has 0 aromatic heterocycles. The van der Waals surface area contributed by atoms with Gasteiger partial charge in [-0.1, -0.05) is 36.4 Å². The fourth-order valence-electron chi connectivity index (χ4n) is 2.42. The van der Waals surface area contributed by atoms with Gasteiger partial charge >= 0.3 is 6.09 Å². The summed E-state index contributed by atoms with van der Waals surface area (Å²) < 4.78 is 5.18. The highest BCUT2D eigenvalue weighted by Crippen LogP contribution is 2.21. The lowest BCUT2D eigenvalue weighted by atomic mass is 10.00. The quantitative estimate of drug-likeness (QED) is 0.898. The Morgan fingerprint density at radius 3 is 2.38 bits per heavy atom. The van der Waals surface area contributed by atoms with Crippen molar-refractivity contribution in [2.24, 2.45) is 0 Å².